The predicted octanol–water partition coefficient (Wildman–Crippen LogP) is 6.15. The maximum Gasteiger partial charge on any atom is 0.151 e. The van der Waals surface area contributed by atoms with Crippen LogP contribution in [0.15, 0.2) is 60.7 Å². The molecule has 5 rings (SSSR count). The molecule has 0 spiro atoms. The first-order valence-corrected chi connectivity index (χ1v) is 12.8. The zero-order valence-electron chi connectivity index (χ0n) is 21.6. The molecule has 0 amide bonds. The lowest BCUT2D eigenvalue weighted by atomic mass is 10.0. The first-order valence-electron chi connectivity index (χ1n) is 12.8. The number of anilines is 1. The highest BCUT2D eigenvalue weighted by Gasteiger charge is 2.22. The van der Waals surface area contributed by atoms with Gasteiger partial charge in [-0.05, 0) is 56.0 Å². The third-order valence-corrected chi connectivity index (χ3v) is 7.42. The highest BCUT2D eigenvalue weighted by Crippen LogP contribution is 2.30. The van der Waals surface area contributed by atoms with Gasteiger partial charge >= 0.3 is 0 Å². The molecule has 4 aromatic rings. The van der Waals surface area contributed by atoms with Crippen molar-refractivity contribution >= 4 is 58.1 Å². The van der Waals surface area contributed by atoms with E-state index in [1.807, 2.05) is 12.1 Å². The fourth-order valence-corrected chi connectivity index (χ4v) is 5.59. The lowest BCUT2D eigenvalue weighted by Gasteiger charge is -2.33. The molecular weight excluding hydrogens is 505 g/mol. The largest absolute Gasteiger partial charge is 0.392 e. The molecule has 5 nitrogen and oxygen atoms in total. The number of aromatic nitrogens is 1. The SMILES string of the molecule is CCn1c2ccccc2c2cc(CC(=O)CN3CCC(Nc4c(C)cccc4CO)CC3)ccc21.Cl.Cl. The summed E-state index contributed by atoms with van der Waals surface area (Å²) in [5.41, 5.74) is 6.74. The van der Waals surface area contributed by atoms with Crippen molar-refractivity contribution in [3.8, 4) is 0 Å². The number of nitrogens with one attached hydrogen (secondary N) is 1. The molecule has 2 heterocycles. The summed E-state index contributed by atoms with van der Waals surface area (Å²) >= 11 is 0. The molecule has 0 unspecified atom stereocenters. The van der Waals surface area contributed by atoms with Gasteiger partial charge in [-0.3, -0.25) is 9.69 Å². The Morgan fingerprint density at radius 3 is 2.43 bits per heavy atom. The third-order valence-electron chi connectivity index (χ3n) is 7.42. The van der Waals surface area contributed by atoms with Crippen LogP contribution in [0.3, 0.4) is 0 Å². The Hall–Kier alpha value is -2.57. The molecule has 0 saturated carbocycles. The van der Waals surface area contributed by atoms with Gasteiger partial charge in [-0.25, -0.2) is 0 Å². The van der Waals surface area contributed by atoms with Crippen LogP contribution in [0.4, 0.5) is 5.69 Å². The van der Waals surface area contributed by atoms with Crippen molar-refractivity contribution in [2.24, 2.45) is 0 Å². The molecule has 0 aliphatic carbocycles. The molecule has 1 aromatic heterocycles. The number of Topliss-reactive ketones (excluding diaryl/α,β-unsaturated/α-hetero) is 1. The molecule has 0 radical (unpaired) electrons. The molecule has 0 atom stereocenters. The molecule has 7 heteroatoms. The van der Waals surface area contributed by atoms with Crippen molar-refractivity contribution < 1.29 is 9.90 Å². The van der Waals surface area contributed by atoms with E-state index in [0.717, 1.165) is 54.9 Å². The minimum absolute atomic E-state index is 0. The zero-order valence-corrected chi connectivity index (χ0v) is 23.2. The number of para-hydroxylation sites is 2. The van der Waals surface area contributed by atoms with E-state index in [1.165, 1.54) is 21.8 Å². The van der Waals surface area contributed by atoms with E-state index in [1.54, 1.807) is 0 Å². The number of ketones is 1. The van der Waals surface area contributed by atoms with Gasteiger partial charge in [0.2, 0.25) is 0 Å². The van der Waals surface area contributed by atoms with E-state index in [-0.39, 0.29) is 37.2 Å². The number of nitrogens with zero attached hydrogens (tertiary/aromatic N) is 2. The summed E-state index contributed by atoms with van der Waals surface area (Å²) in [5, 5.41) is 15.8. The van der Waals surface area contributed by atoms with Crippen LogP contribution in [0, 0.1) is 6.92 Å². The fourth-order valence-electron chi connectivity index (χ4n) is 5.59. The van der Waals surface area contributed by atoms with E-state index < -0.39 is 0 Å². The Morgan fingerprint density at radius 1 is 0.973 bits per heavy atom. The molecule has 198 valence electrons. The Balaban J connectivity index is 0.00000190. The van der Waals surface area contributed by atoms with E-state index in [4.69, 9.17) is 0 Å². The van der Waals surface area contributed by atoms with E-state index in [2.05, 4.69) is 77.2 Å². The summed E-state index contributed by atoms with van der Waals surface area (Å²) < 4.78 is 2.34. The second kappa shape index (κ2) is 12.8. The van der Waals surface area contributed by atoms with Crippen LogP contribution in [0.1, 0.15) is 36.5 Å². The number of hydrogen-bond acceptors (Lipinski definition) is 4. The van der Waals surface area contributed by atoms with E-state index in [9.17, 15) is 9.90 Å². The maximum absolute atomic E-state index is 13.0. The minimum Gasteiger partial charge on any atom is -0.392 e. The van der Waals surface area contributed by atoms with Gasteiger partial charge in [-0.15, -0.1) is 24.8 Å². The van der Waals surface area contributed by atoms with Crippen LogP contribution < -0.4 is 5.32 Å². The smallest absolute Gasteiger partial charge is 0.151 e. The molecule has 1 aliphatic heterocycles. The van der Waals surface area contributed by atoms with Gasteiger partial charge in [-0.1, -0.05) is 42.5 Å². The van der Waals surface area contributed by atoms with Crippen molar-refractivity contribution in [1.29, 1.82) is 0 Å². The standard InChI is InChI=1S/C30H35N3O2.2ClH/c1-3-33-28-10-5-4-9-26(28)27-18-22(11-12-29(27)33)17-25(35)19-32-15-13-24(14-16-32)31-30-21(2)7-6-8-23(30)20-34;;/h4-12,18,24,31,34H,3,13-17,19-20H2,1-2H3;2*1H. The third kappa shape index (κ3) is 6.12. The van der Waals surface area contributed by atoms with Gasteiger partial charge in [0, 0.05) is 65.2 Å². The Kier molecular flexibility index (Phi) is 10.0. The Morgan fingerprint density at radius 2 is 1.70 bits per heavy atom. The van der Waals surface area contributed by atoms with Gasteiger partial charge in [0.05, 0.1) is 13.2 Å². The van der Waals surface area contributed by atoms with Crippen molar-refractivity contribution in [1.82, 2.24) is 9.47 Å². The normalized spacial score (nSPS) is 14.4. The summed E-state index contributed by atoms with van der Waals surface area (Å²) in [4.78, 5) is 15.2. The number of aliphatic hydroxyl groups is 1. The summed E-state index contributed by atoms with van der Waals surface area (Å²) in [7, 11) is 0. The van der Waals surface area contributed by atoms with Crippen LogP contribution in [0.5, 0.6) is 0 Å². The number of hydrogen-bond donors (Lipinski definition) is 2. The maximum atomic E-state index is 13.0. The summed E-state index contributed by atoms with van der Waals surface area (Å²) in [6.45, 7) is 7.55. The average molecular weight is 543 g/mol. The predicted molar refractivity (Wildman–Crippen MR) is 159 cm³/mol. The van der Waals surface area contributed by atoms with Crippen molar-refractivity contribution in [2.75, 3.05) is 25.0 Å². The van der Waals surface area contributed by atoms with Gasteiger partial charge in [-0.2, -0.15) is 0 Å². The number of aliphatic hydroxyl groups excluding tert-OH is 1. The molecule has 1 fully saturated rings. The Bertz CT molecular complexity index is 1360. The molecular formula is C30H37Cl2N3O2. The summed E-state index contributed by atoms with van der Waals surface area (Å²) in [6, 6.07) is 21.4. The van der Waals surface area contributed by atoms with Gasteiger partial charge in [0.1, 0.15) is 0 Å². The number of likely N-dealkylation sites (tertiary alicyclic amines) is 1. The average Bonchev–Trinajstić information content (AvgIpc) is 3.19. The number of benzene rings is 3. The highest BCUT2D eigenvalue weighted by atomic mass is 35.5. The molecule has 1 aliphatic rings. The van der Waals surface area contributed by atoms with Crippen molar-refractivity contribution in [3.63, 3.8) is 0 Å². The minimum atomic E-state index is 0. The quantitative estimate of drug-likeness (QED) is 0.281. The van der Waals surface area contributed by atoms with Crippen LogP contribution in [0.2, 0.25) is 0 Å². The van der Waals surface area contributed by atoms with Crippen molar-refractivity contribution in [3.05, 3.63) is 77.4 Å². The zero-order chi connectivity index (χ0) is 24.4. The first-order chi connectivity index (χ1) is 17.1. The van der Waals surface area contributed by atoms with Crippen LogP contribution in [-0.4, -0.2) is 46.0 Å². The second-order valence-corrected chi connectivity index (χ2v) is 9.79. The first kappa shape index (κ1) is 29.0. The van der Waals surface area contributed by atoms with Crippen LogP contribution >= 0.6 is 24.8 Å². The van der Waals surface area contributed by atoms with Gasteiger partial charge < -0.3 is 15.0 Å². The van der Waals surface area contributed by atoms with E-state index >= 15 is 0 Å². The molecule has 1 saturated heterocycles. The number of piperidine rings is 1. The molecule has 37 heavy (non-hydrogen) atoms. The van der Waals surface area contributed by atoms with E-state index in [0.29, 0.717) is 19.0 Å². The number of carbonyl (C=O) groups is 1. The van der Waals surface area contributed by atoms with Crippen LogP contribution in [-0.2, 0) is 24.4 Å². The summed E-state index contributed by atoms with van der Waals surface area (Å²) in [5.74, 6) is 0.274. The number of aryl methyl sites for hydroxylation is 2. The number of rotatable bonds is 8. The molecule has 2 N–H and O–H groups in total. The topological polar surface area (TPSA) is 57.5 Å². The molecule has 0 bridgehead atoms. The number of fused-ring (bicyclic) bond motifs is 3. The highest BCUT2D eigenvalue weighted by molar-refractivity contribution is 6.08. The number of carbonyl (C=O) groups excluding carboxylic acids is 1. The van der Waals surface area contributed by atoms with Crippen LogP contribution in [0.25, 0.3) is 21.8 Å². The second-order valence-electron chi connectivity index (χ2n) is 9.79. The Labute approximate surface area is 231 Å². The number of halogens is 2. The lowest BCUT2D eigenvalue weighted by molar-refractivity contribution is -0.119. The van der Waals surface area contributed by atoms with Gasteiger partial charge in [0.15, 0.2) is 5.78 Å². The van der Waals surface area contributed by atoms with Crippen molar-refractivity contribution in [2.45, 2.75) is 52.3 Å². The molecule has 3 aromatic carbocycles. The monoisotopic (exact) mass is 541 g/mol. The lowest BCUT2D eigenvalue weighted by Crippen LogP contribution is -2.42. The summed E-state index contributed by atoms with van der Waals surface area (Å²) in [6.07, 6.45) is 2.47. The van der Waals surface area contributed by atoms with Gasteiger partial charge in [0.25, 0.3) is 0 Å². The fraction of sp³-hybridized carbons (Fsp3) is 0.367.